The van der Waals surface area contributed by atoms with Crippen molar-refractivity contribution >= 4 is 5.84 Å². The van der Waals surface area contributed by atoms with Gasteiger partial charge in [0, 0.05) is 18.0 Å². The summed E-state index contributed by atoms with van der Waals surface area (Å²) in [6.07, 6.45) is 3.45. The van der Waals surface area contributed by atoms with Crippen molar-refractivity contribution < 1.29 is 4.74 Å². The summed E-state index contributed by atoms with van der Waals surface area (Å²) in [5, 5.41) is 7.34. The van der Waals surface area contributed by atoms with Crippen LogP contribution in [0.4, 0.5) is 0 Å². The van der Waals surface area contributed by atoms with Gasteiger partial charge in [0.2, 0.25) is 0 Å². The molecule has 0 aliphatic heterocycles. The standard InChI is InChI=1S/C13H13N3O/c14-13(15)11-2-1-3-12(8-11)17-9-10-4-6-16-7-5-10/h1-8H,9H2,(H3,14,15). The van der Waals surface area contributed by atoms with Crippen molar-refractivity contribution in [2.45, 2.75) is 6.61 Å². The van der Waals surface area contributed by atoms with E-state index in [2.05, 4.69) is 4.98 Å². The van der Waals surface area contributed by atoms with E-state index in [0.717, 1.165) is 5.56 Å². The van der Waals surface area contributed by atoms with E-state index in [0.29, 0.717) is 17.9 Å². The number of amidine groups is 1. The van der Waals surface area contributed by atoms with Crippen LogP contribution >= 0.6 is 0 Å². The molecule has 0 saturated carbocycles. The second-order valence-electron chi connectivity index (χ2n) is 3.59. The average Bonchev–Trinajstić information content (AvgIpc) is 2.38. The van der Waals surface area contributed by atoms with E-state index in [1.807, 2.05) is 24.3 Å². The first kappa shape index (κ1) is 11.1. The van der Waals surface area contributed by atoms with Gasteiger partial charge in [0.25, 0.3) is 0 Å². The van der Waals surface area contributed by atoms with Gasteiger partial charge in [-0.1, -0.05) is 12.1 Å². The summed E-state index contributed by atoms with van der Waals surface area (Å²) in [5.74, 6) is 0.744. The van der Waals surface area contributed by atoms with Gasteiger partial charge in [0.15, 0.2) is 0 Å². The first-order valence-corrected chi connectivity index (χ1v) is 5.22. The average molecular weight is 227 g/mol. The van der Waals surface area contributed by atoms with E-state index in [-0.39, 0.29) is 5.84 Å². The molecule has 0 aliphatic rings. The molecule has 0 aliphatic carbocycles. The number of hydrogen-bond acceptors (Lipinski definition) is 3. The monoisotopic (exact) mass is 227 g/mol. The summed E-state index contributed by atoms with van der Waals surface area (Å²) in [5.41, 5.74) is 7.12. The summed E-state index contributed by atoms with van der Waals surface area (Å²) in [6, 6.07) is 11.0. The summed E-state index contributed by atoms with van der Waals surface area (Å²) in [7, 11) is 0. The predicted octanol–water partition coefficient (Wildman–Crippen LogP) is 1.94. The van der Waals surface area contributed by atoms with Crippen LogP contribution in [-0.4, -0.2) is 10.8 Å². The second kappa shape index (κ2) is 5.12. The molecule has 86 valence electrons. The van der Waals surface area contributed by atoms with E-state index >= 15 is 0 Å². The molecule has 2 aromatic rings. The normalized spacial score (nSPS) is 9.88. The molecule has 0 bridgehead atoms. The van der Waals surface area contributed by atoms with Crippen LogP contribution in [0.5, 0.6) is 5.75 Å². The Morgan fingerprint density at radius 1 is 1.24 bits per heavy atom. The zero-order valence-electron chi connectivity index (χ0n) is 9.26. The van der Waals surface area contributed by atoms with Crippen LogP contribution in [0.25, 0.3) is 0 Å². The number of nitrogens with two attached hydrogens (primary N) is 1. The highest BCUT2D eigenvalue weighted by molar-refractivity contribution is 5.95. The molecule has 0 atom stereocenters. The van der Waals surface area contributed by atoms with Crippen LogP contribution < -0.4 is 10.5 Å². The molecule has 0 radical (unpaired) electrons. The predicted molar refractivity (Wildman–Crippen MR) is 66.0 cm³/mol. The molecule has 1 aromatic carbocycles. The SMILES string of the molecule is N=C(N)c1cccc(OCc2ccncc2)c1. The highest BCUT2D eigenvalue weighted by Gasteiger charge is 1.99. The highest BCUT2D eigenvalue weighted by atomic mass is 16.5. The van der Waals surface area contributed by atoms with Gasteiger partial charge in [-0.15, -0.1) is 0 Å². The molecule has 2 rings (SSSR count). The summed E-state index contributed by atoms with van der Waals surface area (Å²) in [4.78, 5) is 3.94. The minimum atomic E-state index is 0.0411. The van der Waals surface area contributed by atoms with Gasteiger partial charge in [-0.2, -0.15) is 0 Å². The van der Waals surface area contributed by atoms with Gasteiger partial charge < -0.3 is 10.5 Å². The third-order valence-electron chi connectivity index (χ3n) is 2.30. The lowest BCUT2D eigenvalue weighted by Gasteiger charge is -2.07. The number of rotatable bonds is 4. The summed E-state index contributed by atoms with van der Waals surface area (Å²) in [6.45, 7) is 0.476. The molecule has 0 unspecified atom stereocenters. The second-order valence-corrected chi connectivity index (χ2v) is 3.59. The number of nitrogens with zero attached hydrogens (tertiary/aromatic N) is 1. The maximum atomic E-state index is 7.34. The Hall–Kier alpha value is -2.36. The molecule has 0 saturated heterocycles. The van der Waals surface area contributed by atoms with Crippen molar-refractivity contribution in [3.8, 4) is 5.75 Å². The van der Waals surface area contributed by atoms with Crippen LogP contribution in [0.2, 0.25) is 0 Å². The lowest BCUT2D eigenvalue weighted by atomic mass is 10.2. The maximum absolute atomic E-state index is 7.34. The van der Waals surface area contributed by atoms with E-state index < -0.39 is 0 Å². The van der Waals surface area contributed by atoms with Crippen molar-refractivity contribution in [3.63, 3.8) is 0 Å². The van der Waals surface area contributed by atoms with Crippen molar-refractivity contribution in [1.29, 1.82) is 5.41 Å². The van der Waals surface area contributed by atoms with E-state index in [4.69, 9.17) is 15.9 Å². The smallest absolute Gasteiger partial charge is 0.122 e. The van der Waals surface area contributed by atoms with Gasteiger partial charge in [-0.25, -0.2) is 0 Å². The van der Waals surface area contributed by atoms with Gasteiger partial charge >= 0.3 is 0 Å². The Morgan fingerprint density at radius 2 is 2.00 bits per heavy atom. The molecule has 0 spiro atoms. The third kappa shape index (κ3) is 3.04. The minimum Gasteiger partial charge on any atom is -0.489 e. The molecule has 4 nitrogen and oxygen atoms in total. The third-order valence-corrected chi connectivity index (χ3v) is 2.30. The fourth-order valence-corrected chi connectivity index (χ4v) is 1.40. The molecule has 17 heavy (non-hydrogen) atoms. The van der Waals surface area contributed by atoms with Gasteiger partial charge in [0.1, 0.15) is 18.2 Å². The Morgan fingerprint density at radius 3 is 2.71 bits per heavy atom. The van der Waals surface area contributed by atoms with Crippen LogP contribution in [0.3, 0.4) is 0 Å². The highest BCUT2D eigenvalue weighted by Crippen LogP contribution is 2.14. The molecule has 3 N–H and O–H groups in total. The summed E-state index contributed by atoms with van der Waals surface area (Å²) >= 11 is 0. The molecule has 0 fully saturated rings. The first-order chi connectivity index (χ1) is 8.25. The Labute approximate surface area is 99.6 Å². The Kier molecular flexibility index (Phi) is 3.35. The quantitative estimate of drug-likeness (QED) is 0.619. The van der Waals surface area contributed by atoms with Gasteiger partial charge in [-0.3, -0.25) is 10.4 Å². The zero-order valence-corrected chi connectivity index (χ0v) is 9.26. The number of aromatic nitrogens is 1. The number of nitrogen functional groups attached to an aromatic ring is 1. The molecular weight excluding hydrogens is 214 g/mol. The maximum Gasteiger partial charge on any atom is 0.122 e. The van der Waals surface area contributed by atoms with Crippen molar-refractivity contribution in [3.05, 3.63) is 59.9 Å². The minimum absolute atomic E-state index is 0.0411. The number of ether oxygens (including phenoxy) is 1. The van der Waals surface area contributed by atoms with Crippen LogP contribution in [0.1, 0.15) is 11.1 Å². The molecule has 1 aromatic heterocycles. The first-order valence-electron chi connectivity index (χ1n) is 5.22. The van der Waals surface area contributed by atoms with Crippen LogP contribution in [-0.2, 0) is 6.61 Å². The zero-order chi connectivity index (χ0) is 12.1. The van der Waals surface area contributed by atoms with E-state index in [1.54, 1.807) is 24.5 Å². The fraction of sp³-hybridized carbons (Fsp3) is 0.0769. The van der Waals surface area contributed by atoms with Crippen molar-refractivity contribution in [2.24, 2.45) is 5.73 Å². The number of hydrogen-bond donors (Lipinski definition) is 2. The van der Waals surface area contributed by atoms with E-state index in [9.17, 15) is 0 Å². The van der Waals surface area contributed by atoms with Crippen molar-refractivity contribution in [2.75, 3.05) is 0 Å². The Bertz CT molecular complexity index is 511. The van der Waals surface area contributed by atoms with Gasteiger partial charge in [-0.05, 0) is 29.8 Å². The number of pyridine rings is 1. The topological polar surface area (TPSA) is 72.0 Å². The fourth-order valence-electron chi connectivity index (χ4n) is 1.40. The van der Waals surface area contributed by atoms with Gasteiger partial charge in [0.05, 0.1) is 0 Å². The van der Waals surface area contributed by atoms with Crippen molar-refractivity contribution in [1.82, 2.24) is 4.98 Å². The number of nitrogens with one attached hydrogen (secondary N) is 1. The number of benzene rings is 1. The van der Waals surface area contributed by atoms with Crippen LogP contribution in [0, 0.1) is 5.41 Å². The lowest BCUT2D eigenvalue weighted by molar-refractivity contribution is 0.306. The van der Waals surface area contributed by atoms with E-state index in [1.165, 1.54) is 0 Å². The largest absolute Gasteiger partial charge is 0.489 e. The lowest BCUT2D eigenvalue weighted by Crippen LogP contribution is -2.10. The van der Waals surface area contributed by atoms with Crippen LogP contribution in [0.15, 0.2) is 48.8 Å². The molecule has 1 heterocycles. The molecular formula is C13H13N3O. The molecule has 0 amide bonds. The Balaban J connectivity index is 2.04. The summed E-state index contributed by atoms with van der Waals surface area (Å²) < 4.78 is 5.60. The molecule has 4 heteroatoms.